The van der Waals surface area contributed by atoms with E-state index in [-0.39, 0.29) is 5.91 Å². The maximum atomic E-state index is 12.2. The van der Waals surface area contributed by atoms with Gasteiger partial charge >= 0.3 is 0 Å². The van der Waals surface area contributed by atoms with E-state index >= 15 is 0 Å². The molecule has 1 aromatic carbocycles. The number of benzene rings is 1. The van der Waals surface area contributed by atoms with Gasteiger partial charge in [-0.05, 0) is 42.7 Å². The third kappa shape index (κ3) is 4.08. The Balaban J connectivity index is 1.45. The fraction of sp³-hybridized carbons (Fsp3) is 0.611. The number of methoxy groups -OCH3 is 1. The number of amides is 1. The molecule has 2 atom stereocenters. The van der Waals surface area contributed by atoms with E-state index in [1.54, 1.807) is 7.11 Å². The van der Waals surface area contributed by atoms with Crippen molar-refractivity contribution in [1.29, 1.82) is 0 Å². The number of carbonyl (C=O) groups excluding carboxylic acids is 1. The minimum atomic E-state index is 0.184. The van der Waals surface area contributed by atoms with Crippen LogP contribution in [0.1, 0.15) is 43.2 Å². The lowest BCUT2D eigenvalue weighted by Gasteiger charge is -2.28. The molecule has 1 amide bonds. The Morgan fingerprint density at radius 1 is 1.27 bits per heavy atom. The molecule has 2 aliphatic heterocycles. The average Bonchev–Trinajstić information content (AvgIpc) is 2.85. The summed E-state index contributed by atoms with van der Waals surface area (Å²) in [5.41, 5.74) is 2.28. The zero-order chi connectivity index (χ0) is 15.4. The quantitative estimate of drug-likeness (QED) is 0.848. The van der Waals surface area contributed by atoms with Gasteiger partial charge in [-0.1, -0.05) is 24.3 Å². The summed E-state index contributed by atoms with van der Waals surface area (Å²) in [5.74, 6) is 0.738. The van der Waals surface area contributed by atoms with Crippen LogP contribution in [0.2, 0.25) is 0 Å². The molecule has 4 nitrogen and oxygen atoms in total. The summed E-state index contributed by atoms with van der Waals surface area (Å²) in [6.45, 7) is 1.22. The van der Waals surface area contributed by atoms with E-state index in [1.807, 2.05) is 18.2 Å². The molecule has 2 heterocycles. The Morgan fingerprint density at radius 2 is 2.00 bits per heavy atom. The van der Waals surface area contributed by atoms with E-state index in [0.29, 0.717) is 37.6 Å². The Morgan fingerprint density at radius 3 is 2.73 bits per heavy atom. The molecule has 2 bridgehead atoms. The normalized spacial score (nSPS) is 26.9. The standard InChI is InChI=1S/C18H26N2O2/c1-22-12-14-4-2-3-13(7-14)11-19-18(21)10-15-8-16-5-6-17(9-15)20-16/h2-4,7,15-17,20H,5-6,8-12H2,1H3,(H,19,21). The molecule has 2 aliphatic rings. The highest BCUT2D eigenvalue weighted by molar-refractivity contribution is 5.76. The molecule has 1 aromatic rings. The first-order chi connectivity index (χ1) is 10.7. The molecule has 22 heavy (non-hydrogen) atoms. The van der Waals surface area contributed by atoms with Crippen LogP contribution in [0.15, 0.2) is 24.3 Å². The molecule has 2 saturated heterocycles. The number of fused-ring (bicyclic) bond motifs is 2. The summed E-state index contributed by atoms with van der Waals surface area (Å²) < 4.78 is 5.14. The van der Waals surface area contributed by atoms with Crippen LogP contribution >= 0.6 is 0 Å². The van der Waals surface area contributed by atoms with Crippen LogP contribution in [0.25, 0.3) is 0 Å². The highest BCUT2D eigenvalue weighted by atomic mass is 16.5. The van der Waals surface area contributed by atoms with Gasteiger partial charge in [-0.3, -0.25) is 4.79 Å². The van der Waals surface area contributed by atoms with Gasteiger partial charge in [0.25, 0.3) is 0 Å². The van der Waals surface area contributed by atoms with Crippen molar-refractivity contribution in [2.24, 2.45) is 5.92 Å². The Kier molecular flexibility index (Phi) is 5.11. The number of rotatable bonds is 6. The van der Waals surface area contributed by atoms with Crippen molar-refractivity contribution in [1.82, 2.24) is 10.6 Å². The summed E-state index contributed by atoms with van der Waals surface area (Å²) in [5, 5.41) is 6.69. The van der Waals surface area contributed by atoms with Crippen LogP contribution in [0.3, 0.4) is 0 Å². The number of hydrogen-bond acceptors (Lipinski definition) is 3. The van der Waals surface area contributed by atoms with Crippen LogP contribution in [-0.2, 0) is 22.7 Å². The van der Waals surface area contributed by atoms with Crippen molar-refractivity contribution in [3.05, 3.63) is 35.4 Å². The van der Waals surface area contributed by atoms with Crippen LogP contribution in [-0.4, -0.2) is 25.1 Å². The molecule has 0 spiro atoms. The predicted octanol–water partition coefficient (Wildman–Crippen LogP) is 2.37. The zero-order valence-corrected chi connectivity index (χ0v) is 13.3. The first kappa shape index (κ1) is 15.5. The van der Waals surface area contributed by atoms with Crippen molar-refractivity contribution in [2.45, 2.75) is 57.3 Å². The highest BCUT2D eigenvalue weighted by Crippen LogP contribution is 2.32. The van der Waals surface area contributed by atoms with Crippen LogP contribution in [0.5, 0.6) is 0 Å². The zero-order valence-electron chi connectivity index (χ0n) is 13.3. The lowest BCUT2D eigenvalue weighted by atomic mass is 9.89. The van der Waals surface area contributed by atoms with Gasteiger partial charge in [0.1, 0.15) is 0 Å². The third-order valence-corrected chi connectivity index (χ3v) is 4.84. The minimum absolute atomic E-state index is 0.184. The van der Waals surface area contributed by atoms with Crippen molar-refractivity contribution < 1.29 is 9.53 Å². The van der Waals surface area contributed by atoms with Crippen molar-refractivity contribution in [2.75, 3.05) is 7.11 Å². The van der Waals surface area contributed by atoms with Gasteiger partial charge in [-0.15, -0.1) is 0 Å². The van der Waals surface area contributed by atoms with E-state index in [1.165, 1.54) is 12.8 Å². The Bertz CT molecular complexity index is 506. The fourth-order valence-electron chi connectivity index (χ4n) is 3.87. The van der Waals surface area contributed by atoms with Gasteiger partial charge in [-0.2, -0.15) is 0 Å². The van der Waals surface area contributed by atoms with E-state index < -0.39 is 0 Å². The molecular formula is C18H26N2O2. The lowest BCUT2D eigenvalue weighted by molar-refractivity contribution is -0.122. The largest absolute Gasteiger partial charge is 0.380 e. The average molecular weight is 302 g/mol. The predicted molar refractivity (Wildman–Crippen MR) is 86.3 cm³/mol. The molecule has 0 saturated carbocycles. The summed E-state index contributed by atoms with van der Waals surface area (Å²) in [7, 11) is 1.70. The van der Waals surface area contributed by atoms with Gasteiger partial charge in [0.2, 0.25) is 5.91 Å². The van der Waals surface area contributed by atoms with Gasteiger partial charge in [0, 0.05) is 32.2 Å². The second kappa shape index (κ2) is 7.25. The number of hydrogen-bond donors (Lipinski definition) is 2. The van der Waals surface area contributed by atoms with E-state index in [0.717, 1.165) is 24.0 Å². The molecule has 0 radical (unpaired) electrons. The third-order valence-electron chi connectivity index (χ3n) is 4.84. The van der Waals surface area contributed by atoms with Gasteiger partial charge in [0.05, 0.1) is 6.61 Å². The van der Waals surface area contributed by atoms with Crippen LogP contribution in [0.4, 0.5) is 0 Å². The second-order valence-electron chi connectivity index (χ2n) is 6.71. The molecule has 3 rings (SSSR count). The lowest BCUT2D eigenvalue weighted by Crippen LogP contribution is -2.39. The highest BCUT2D eigenvalue weighted by Gasteiger charge is 2.34. The first-order valence-corrected chi connectivity index (χ1v) is 8.32. The van der Waals surface area contributed by atoms with Gasteiger partial charge < -0.3 is 15.4 Å². The number of carbonyl (C=O) groups is 1. The number of ether oxygens (including phenoxy) is 1. The van der Waals surface area contributed by atoms with E-state index in [2.05, 4.69) is 16.7 Å². The van der Waals surface area contributed by atoms with Crippen LogP contribution in [0, 0.1) is 5.92 Å². The molecule has 0 aromatic heterocycles. The smallest absolute Gasteiger partial charge is 0.220 e. The summed E-state index contributed by atoms with van der Waals surface area (Å²) >= 11 is 0. The maximum absolute atomic E-state index is 12.2. The Labute approximate surface area is 132 Å². The topological polar surface area (TPSA) is 50.4 Å². The monoisotopic (exact) mass is 302 g/mol. The van der Waals surface area contributed by atoms with Gasteiger partial charge in [-0.25, -0.2) is 0 Å². The number of piperidine rings is 1. The molecule has 4 heteroatoms. The SMILES string of the molecule is COCc1cccc(CNC(=O)CC2CC3CCC(C2)N3)c1. The maximum Gasteiger partial charge on any atom is 0.220 e. The van der Waals surface area contributed by atoms with Crippen molar-refractivity contribution in [3.63, 3.8) is 0 Å². The van der Waals surface area contributed by atoms with E-state index in [9.17, 15) is 4.79 Å². The molecule has 2 fully saturated rings. The summed E-state index contributed by atoms with van der Waals surface area (Å²) in [6.07, 6.45) is 5.57. The summed E-state index contributed by atoms with van der Waals surface area (Å²) in [6, 6.07) is 9.50. The molecule has 120 valence electrons. The molecular weight excluding hydrogens is 276 g/mol. The molecule has 2 N–H and O–H groups in total. The summed E-state index contributed by atoms with van der Waals surface area (Å²) in [4.78, 5) is 12.2. The molecule has 2 unspecified atom stereocenters. The molecule has 0 aliphatic carbocycles. The Hall–Kier alpha value is -1.39. The van der Waals surface area contributed by atoms with Crippen LogP contribution < -0.4 is 10.6 Å². The van der Waals surface area contributed by atoms with Crippen molar-refractivity contribution in [3.8, 4) is 0 Å². The van der Waals surface area contributed by atoms with Crippen molar-refractivity contribution >= 4 is 5.91 Å². The second-order valence-corrected chi connectivity index (χ2v) is 6.71. The number of nitrogens with one attached hydrogen (secondary N) is 2. The van der Waals surface area contributed by atoms with E-state index in [4.69, 9.17) is 4.74 Å². The minimum Gasteiger partial charge on any atom is -0.380 e. The fourth-order valence-corrected chi connectivity index (χ4v) is 3.87. The first-order valence-electron chi connectivity index (χ1n) is 8.32. The van der Waals surface area contributed by atoms with Gasteiger partial charge in [0.15, 0.2) is 0 Å².